The molecule has 18 heavy (non-hydrogen) atoms. The molecule has 4 nitrogen and oxygen atoms in total. The van der Waals surface area contributed by atoms with Crippen LogP contribution in [0.1, 0.15) is 10.4 Å². The van der Waals surface area contributed by atoms with E-state index in [9.17, 15) is 13.6 Å². The minimum atomic E-state index is -0.876. The molecule has 0 aromatic heterocycles. The lowest BCUT2D eigenvalue weighted by molar-refractivity contribution is 0.0692. The molecule has 0 unspecified atom stereocenters. The second kappa shape index (κ2) is 7.03. The molecule has 0 aliphatic carbocycles. The number of nitrogens with zero attached hydrogens (tertiary/aromatic N) is 1. The maximum absolute atomic E-state index is 13.5. The Morgan fingerprint density at radius 2 is 1.94 bits per heavy atom. The molecule has 0 atom stereocenters. The first-order chi connectivity index (χ1) is 8.61. The third-order valence-corrected chi connectivity index (χ3v) is 2.43. The first-order valence-corrected chi connectivity index (χ1v) is 5.54. The Morgan fingerprint density at radius 3 is 2.44 bits per heavy atom. The number of benzene rings is 1. The van der Waals surface area contributed by atoms with E-state index in [0.29, 0.717) is 0 Å². The average Bonchev–Trinajstić information content (AvgIpc) is 2.34. The number of halogens is 2. The lowest BCUT2D eigenvalue weighted by Gasteiger charge is -2.22. The number of hydrogen-bond donors (Lipinski definition) is 1. The van der Waals surface area contributed by atoms with E-state index < -0.39 is 23.1 Å². The number of hydrogen-bond acceptors (Lipinski definition) is 3. The number of rotatable bonds is 6. The maximum atomic E-state index is 13.5. The van der Waals surface area contributed by atoms with Gasteiger partial charge in [-0.25, -0.2) is 8.78 Å². The lowest BCUT2D eigenvalue weighted by atomic mass is 10.1. The van der Waals surface area contributed by atoms with Crippen molar-refractivity contribution in [2.24, 2.45) is 5.73 Å². The molecule has 1 aromatic rings. The van der Waals surface area contributed by atoms with Crippen LogP contribution in [0.5, 0.6) is 0 Å². The van der Waals surface area contributed by atoms with Crippen LogP contribution in [-0.2, 0) is 4.74 Å². The SMILES string of the molecule is COCCN(CCN)C(=O)c1c(F)cccc1F. The van der Waals surface area contributed by atoms with E-state index in [1.807, 2.05) is 0 Å². The average molecular weight is 258 g/mol. The molecular weight excluding hydrogens is 242 g/mol. The summed E-state index contributed by atoms with van der Waals surface area (Å²) in [6, 6.07) is 3.31. The third-order valence-electron chi connectivity index (χ3n) is 2.43. The summed E-state index contributed by atoms with van der Waals surface area (Å²) in [5, 5.41) is 0. The number of nitrogens with two attached hydrogens (primary N) is 1. The molecule has 0 fully saturated rings. The van der Waals surface area contributed by atoms with Gasteiger partial charge in [0.05, 0.1) is 6.61 Å². The minimum absolute atomic E-state index is 0.214. The molecule has 0 spiro atoms. The monoisotopic (exact) mass is 258 g/mol. The maximum Gasteiger partial charge on any atom is 0.259 e. The van der Waals surface area contributed by atoms with Crippen LogP contribution in [0, 0.1) is 11.6 Å². The Kier molecular flexibility index (Phi) is 5.67. The Bertz CT molecular complexity index is 393. The van der Waals surface area contributed by atoms with Crippen LogP contribution in [0.2, 0.25) is 0 Å². The van der Waals surface area contributed by atoms with E-state index >= 15 is 0 Å². The van der Waals surface area contributed by atoms with Crippen LogP contribution < -0.4 is 5.73 Å². The molecule has 0 bridgehead atoms. The quantitative estimate of drug-likeness (QED) is 0.828. The van der Waals surface area contributed by atoms with E-state index in [0.717, 1.165) is 12.1 Å². The molecule has 1 aromatic carbocycles. The number of ether oxygens (including phenoxy) is 1. The Balaban J connectivity index is 2.94. The van der Waals surface area contributed by atoms with Gasteiger partial charge in [-0.15, -0.1) is 0 Å². The summed E-state index contributed by atoms with van der Waals surface area (Å²) < 4.78 is 31.8. The summed E-state index contributed by atoms with van der Waals surface area (Å²) in [6.45, 7) is 0.948. The minimum Gasteiger partial charge on any atom is -0.383 e. The fourth-order valence-corrected chi connectivity index (χ4v) is 1.53. The van der Waals surface area contributed by atoms with Gasteiger partial charge >= 0.3 is 0 Å². The molecule has 0 radical (unpaired) electrons. The van der Waals surface area contributed by atoms with Crippen molar-refractivity contribution >= 4 is 5.91 Å². The fraction of sp³-hybridized carbons (Fsp3) is 0.417. The first kappa shape index (κ1) is 14.5. The number of methoxy groups -OCH3 is 1. The highest BCUT2D eigenvalue weighted by Gasteiger charge is 2.22. The standard InChI is InChI=1S/C12H16F2N2O2/c1-18-8-7-16(6-5-15)12(17)11-9(13)3-2-4-10(11)14/h2-4H,5-8,15H2,1H3. The molecular formula is C12H16F2N2O2. The van der Waals surface area contributed by atoms with E-state index in [-0.39, 0.29) is 26.2 Å². The second-order valence-corrected chi connectivity index (χ2v) is 3.67. The summed E-state index contributed by atoms with van der Waals surface area (Å²) >= 11 is 0. The van der Waals surface area contributed by atoms with Crippen LogP contribution in [-0.4, -0.2) is 44.2 Å². The Morgan fingerprint density at radius 1 is 1.33 bits per heavy atom. The number of carbonyl (C=O) groups is 1. The summed E-state index contributed by atoms with van der Waals surface area (Å²) in [4.78, 5) is 13.3. The molecule has 0 aliphatic rings. The van der Waals surface area contributed by atoms with Crippen LogP contribution in [0.4, 0.5) is 8.78 Å². The fourth-order valence-electron chi connectivity index (χ4n) is 1.53. The largest absolute Gasteiger partial charge is 0.383 e. The van der Waals surface area contributed by atoms with Gasteiger partial charge in [-0.3, -0.25) is 4.79 Å². The van der Waals surface area contributed by atoms with Crippen molar-refractivity contribution in [2.45, 2.75) is 0 Å². The van der Waals surface area contributed by atoms with Crippen molar-refractivity contribution in [2.75, 3.05) is 33.4 Å². The highest BCUT2D eigenvalue weighted by Crippen LogP contribution is 2.14. The third kappa shape index (κ3) is 3.48. The van der Waals surface area contributed by atoms with Gasteiger partial charge < -0.3 is 15.4 Å². The zero-order valence-corrected chi connectivity index (χ0v) is 10.2. The van der Waals surface area contributed by atoms with Gasteiger partial charge in [-0.2, -0.15) is 0 Å². The second-order valence-electron chi connectivity index (χ2n) is 3.67. The Hall–Kier alpha value is -1.53. The van der Waals surface area contributed by atoms with Crippen LogP contribution in [0.15, 0.2) is 18.2 Å². The van der Waals surface area contributed by atoms with Crippen molar-refractivity contribution in [3.05, 3.63) is 35.4 Å². The Labute approximate surface area is 104 Å². The van der Waals surface area contributed by atoms with E-state index in [1.165, 1.54) is 18.1 Å². The van der Waals surface area contributed by atoms with E-state index in [2.05, 4.69) is 0 Å². The molecule has 100 valence electrons. The summed E-state index contributed by atoms with van der Waals surface area (Å²) in [6.07, 6.45) is 0. The molecule has 0 saturated heterocycles. The van der Waals surface area contributed by atoms with Gasteiger partial charge in [0.25, 0.3) is 5.91 Å². The van der Waals surface area contributed by atoms with E-state index in [4.69, 9.17) is 10.5 Å². The summed E-state index contributed by atoms with van der Waals surface area (Å²) in [5.41, 5.74) is 4.82. The van der Waals surface area contributed by atoms with Gasteiger partial charge in [0.2, 0.25) is 0 Å². The molecule has 6 heteroatoms. The summed E-state index contributed by atoms with van der Waals surface area (Å²) in [7, 11) is 1.48. The van der Waals surface area contributed by atoms with Gasteiger partial charge in [0, 0.05) is 26.7 Å². The highest BCUT2D eigenvalue weighted by molar-refractivity contribution is 5.94. The van der Waals surface area contributed by atoms with Crippen LogP contribution in [0.3, 0.4) is 0 Å². The first-order valence-electron chi connectivity index (χ1n) is 5.54. The van der Waals surface area contributed by atoms with Crippen molar-refractivity contribution in [3.8, 4) is 0 Å². The number of amides is 1. The predicted molar refractivity (Wildman–Crippen MR) is 63.2 cm³/mol. The van der Waals surface area contributed by atoms with Crippen molar-refractivity contribution in [1.82, 2.24) is 4.90 Å². The van der Waals surface area contributed by atoms with Crippen molar-refractivity contribution < 1.29 is 18.3 Å². The van der Waals surface area contributed by atoms with Crippen LogP contribution in [0.25, 0.3) is 0 Å². The molecule has 0 aliphatic heterocycles. The molecule has 0 saturated carbocycles. The van der Waals surface area contributed by atoms with Gasteiger partial charge in [-0.05, 0) is 12.1 Å². The number of carbonyl (C=O) groups excluding carboxylic acids is 1. The smallest absolute Gasteiger partial charge is 0.259 e. The van der Waals surface area contributed by atoms with Gasteiger partial charge in [0.1, 0.15) is 17.2 Å². The van der Waals surface area contributed by atoms with Gasteiger partial charge in [-0.1, -0.05) is 6.07 Å². The zero-order valence-electron chi connectivity index (χ0n) is 10.2. The molecule has 2 N–H and O–H groups in total. The lowest BCUT2D eigenvalue weighted by Crippen LogP contribution is -2.38. The van der Waals surface area contributed by atoms with Gasteiger partial charge in [0.15, 0.2) is 0 Å². The molecule has 1 amide bonds. The van der Waals surface area contributed by atoms with E-state index in [1.54, 1.807) is 0 Å². The topological polar surface area (TPSA) is 55.6 Å². The predicted octanol–water partition coefficient (Wildman–Crippen LogP) is 1.01. The summed E-state index contributed by atoms with van der Waals surface area (Å²) in [5.74, 6) is -2.47. The van der Waals surface area contributed by atoms with Crippen molar-refractivity contribution in [3.63, 3.8) is 0 Å². The highest BCUT2D eigenvalue weighted by atomic mass is 19.1. The normalized spacial score (nSPS) is 10.4. The van der Waals surface area contributed by atoms with Crippen molar-refractivity contribution in [1.29, 1.82) is 0 Å². The van der Waals surface area contributed by atoms with Crippen LogP contribution >= 0.6 is 0 Å². The molecule has 1 rings (SSSR count). The molecule has 0 heterocycles. The zero-order chi connectivity index (χ0) is 13.5.